The van der Waals surface area contributed by atoms with Crippen molar-refractivity contribution in [1.82, 2.24) is 5.32 Å². The first-order valence-corrected chi connectivity index (χ1v) is 8.90. The summed E-state index contributed by atoms with van der Waals surface area (Å²) < 4.78 is 4.83. The summed E-state index contributed by atoms with van der Waals surface area (Å²) in [5, 5.41) is 4.20. The second-order valence-electron chi connectivity index (χ2n) is 6.98. The van der Waals surface area contributed by atoms with Gasteiger partial charge in [0.05, 0.1) is 13.5 Å². The molecule has 4 unspecified atom stereocenters. The van der Waals surface area contributed by atoms with Gasteiger partial charge in [0, 0.05) is 11.3 Å². The molecule has 0 bridgehead atoms. The van der Waals surface area contributed by atoms with Crippen LogP contribution in [0.1, 0.15) is 46.0 Å². The van der Waals surface area contributed by atoms with Crippen LogP contribution in [-0.4, -0.2) is 37.2 Å². The summed E-state index contributed by atoms with van der Waals surface area (Å²) in [5.41, 5.74) is 0.249. The zero-order chi connectivity index (χ0) is 14.8. The number of carbonyl (C=O) groups is 1. The first-order chi connectivity index (χ1) is 9.49. The fourth-order valence-electron chi connectivity index (χ4n) is 3.59. The van der Waals surface area contributed by atoms with Gasteiger partial charge in [0.2, 0.25) is 0 Å². The number of rotatable bonds is 6. The minimum Gasteiger partial charge on any atom is -0.469 e. The number of hydrogen-bond donors (Lipinski definition) is 1. The summed E-state index contributed by atoms with van der Waals surface area (Å²) in [6.45, 7) is 4.75. The normalized spacial score (nSPS) is 35.6. The predicted octanol–water partition coefficient (Wildman–Crippen LogP) is 3.09. The highest BCUT2D eigenvalue weighted by Gasteiger charge is 2.46. The number of ether oxygens (including phenoxy) is 1. The molecular weight excluding hydrogens is 270 g/mol. The standard InChI is InChI=1S/C16H29NO2S/c1-11-7-12(2)15(13(8-11)17-3)20-10-16(5-6-16)9-14(18)19-4/h11-13,15,17H,5-10H2,1-4H3. The van der Waals surface area contributed by atoms with Crippen molar-refractivity contribution in [1.29, 1.82) is 0 Å². The Bertz CT molecular complexity index is 343. The maximum atomic E-state index is 11.5. The Labute approximate surface area is 127 Å². The summed E-state index contributed by atoms with van der Waals surface area (Å²) >= 11 is 2.09. The largest absolute Gasteiger partial charge is 0.469 e. The molecule has 0 aromatic carbocycles. The van der Waals surface area contributed by atoms with Gasteiger partial charge in [-0.05, 0) is 55.7 Å². The molecule has 2 rings (SSSR count). The highest BCUT2D eigenvalue weighted by Crippen LogP contribution is 2.53. The van der Waals surface area contributed by atoms with Crippen molar-refractivity contribution in [3.05, 3.63) is 0 Å². The fraction of sp³-hybridized carbons (Fsp3) is 0.938. The molecule has 0 amide bonds. The zero-order valence-electron chi connectivity index (χ0n) is 13.3. The van der Waals surface area contributed by atoms with Crippen LogP contribution in [0.2, 0.25) is 0 Å². The van der Waals surface area contributed by atoms with E-state index in [9.17, 15) is 4.79 Å². The van der Waals surface area contributed by atoms with Gasteiger partial charge in [-0.3, -0.25) is 4.79 Å². The lowest BCUT2D eigenvalue weighted by atomic mass is 9.80. The van der Waals surface area contributed by atoms with Crippen LogP contribution in [0.5, 0.6) is 0 Å². The van der Waals surface area contributed by atoms with E-state index in [1.165, 1.54) is 32.8 Å². The smallest absolute Gasteiger partial charge is 0.306 e. The first-order valence-electron chi connectivity index (χ1n) is 7.85. The van der Waals surface area contributed by atoms with Crippen LogP contribution in [0.25, 0.3) is 0 Å². The summed E-state index contributed by atoms with van der Waals surface area (Å²) in [6.07, 6.45) is 5.61. The van der Waals surface area contributed by atoms with Gasteiger partial charge in [0.25, 0.3) is 0 Å². The van der Waals surface area contributed by atoms with Crippen LogP contribution in [0.3, 0.4) is 0 Å². The summed E-state index contributed by atoms with van der Waals surface area (Å²) in [5.74, 6) is 2.65. The maximum absolute atomic E-state index is 11.5. The maximum Gasteiger partial charge on any atom is 0.306 e. The second-order valence-corrected chi connectivity index (χ2v) is 8.14. The van der Waals surface area contributed by atoms with Crippen LogP contribution in [0.4, 0.5) is 0 Å². The fourth-order valence-corrected chi connectivity index (χ4v) is 5.45. The molecule has 2 fully saturated rings. The van der Waals surface area contributed by atoms with E-state index in [1.54, 1.807) is 0 Å². The minimum atomic E-state index is -0.0430. The van der Waals surface area contributed by atoms with Crippen molar-refractivity contribution < 1.29 is 9.53 Å². The van der Waals surface area contributed by atoms with E-state index in [2.05, 4.69) is 38.0 Å². The third-order valence-electron chi connectivity index (χ3n) is 5.04. The Morgan fingerprint density at radius 2 is 2.05 bits per heavy atom. The van der Waals surface area contributed by atoms with Crippen LogP contribution in [0.15, 0.2) is 0 Å². The zero-order valence-corrected chi connectivity index (χ0v) is 14.1. The predicted molar refractivity (Wildman–Crippen MR) is 85.0 cm³/mol. The van der Waals surface area contributed by atoms with Gasteiger partial charge in [-0.15, -0.1) is 0 Å². The molecule has 0 spiro atoms. The lowest BCUT2D eigenvalue weighted by Crippen LogP contribution is -2.45. The monoisotopic (exact) mass is 299 g/mol. The number of nitrogens with one attached hydrogen (secondary N) is 1. The quantitative estimate of drug-likeness (QED) is 0.765. The van der Waals surface area contributed by atoms with E-state index in [0.29, 0.717) is 17.7 Å². The van der Waals surface area contributed by atoms with Crippen molar-refractivity contribution in [2.75, 3.05) is 19.9 Å². The summed E-state index contributed by atoms with van der Waals surface area (Å²) in [4.78, 5) is 11.5. The van der Waals surface area contributed by atoms with Gasteiger partial charge < -0.3 is 10.1 Å². The molecule has 0 aromatic heterocycles. The van der Waals surface area contributed by atoms with Crippen LogP contribution in [-0.2, 0) is 9.53 Å². The van der Waals surface area contributed by atoms with E-state index < -0.39 is 0 Å². The Morgan fingerprint density at radius 1 is 1.35 bits per heavy atom. The van der Waals surface area contributed by atoms with Gasteiger partial charge in [-0.2, -0.15) is 11.8 Å². The molecule has 0 aliphatic heterocycles. The first kappa shape index (κ1) is 16.2. The van der Waals surface area contributed by atoms with Crippen molar-refractivity contribution in [3.63, 3.8) is 0 Å². The third kappa shape index (κ3) is 3.91. The second kappa shape index (κ2) is 6.69. The van der Waals surface area contributed by atoms with Crippen molar-refractivity contribution >= 4 is 17.7 Å². The van der Waals surface area contributed by atoms with E-state index >= 15 is 0 Å². The molecule has 2 aliphatic rings. The molecule has 4 atom stereocenters. The molecule has 0 radical (unpaired) electrons. The van der Waals surface area contributed by atoms with Crippen molar-refractivity contribution in [2.24, 2.45) is 17.3 Å². The highest BCUT2D eigenvalue weighted by molar-refractivity contribution is 8.00. The molecule has 4 heteroatoms. The molecule has 2 saturated carbocycles. The van der Waals surface area contributed by atoms with Gasteiger partial charge in [0.1, 0.15) is 0 Å². The Kier molecular flexibility index (Phi) is 5.41. The van der Waals surface area contributed by atoms with E-state index in [0.717, 1.165) is 17.6 Å². The topological polar surface area (TPSA) is 38.3 Å². The van der Waals surface area contributed by atoms with Crippen molar-refractivity contribution in [2.45, 2.75) is 57.2 Å². The number of methoxy groups -OCH3 is 1. The molecule has 0 heterocycles. The van der Waals surface area contributed by atoms with E-state index in [4.69, 9.17) is 4.74 Å². The highest BCUT2D eigenvalue weighted by atomic mass is 32.2. The molecule has 0 saturated heterocycles. The average molecular weight is 299 g/mol. The van der Waals surface area contributed by atoms with Gasteiger partial charge in [0.15, 0.2) is 0 Å². The van der Waals surface area contributed by atoms with Crippen LogP contribution >= 0.6 is 11.8 Å². The average Bonchev–Trinajstić information content (AvgIpc) is 3.16. The van der Waals surface area contributed by atoms with E-state index in [1.807, 2.05) is 0 Å². The Balaban J connectivity index is 1.87. The van der Waals surface area contributed by atoms with Crippen LogP contribution in [0, 0.1) is 17.3 Å². The Morgan fingerprint density at radius 3 is 2.60 bits per heavy atom. The molecule has 2 aliphatic carbocycles. The van der Waals surface area contributed by atoms with Gasteiger partial charge >= 0.3 is 5.97 Å². The molecule has 1 N–H and O–H groups in total. The number of thioether (sulfide) groups is 1. The lowest BCUT2D eigenvalue weighted by Gasteiger charge is -2.39. The van der Waals surface area contributed by atoms with E-state index in [-0.39, 0.29) is 11.4 Å². The minimum absolute atomic E-state index is 0.0430. The summed E-state index contributed by atoms with van der Waals surface area (Å²) in [7, 11) is 3.58. The number of hydrogen-bond acceptors (Lipinski definition) is 4. The SMILES string of the molecule is CNC1CC(C)CC(C)C1SCC1(CC(=O)OC)CC1. The molecule has 20 heavy (non-hydrogen) atoms. The molecule has 116 valence electrons. The molecule has 3 nitrogen and oxygen atoms in total. The number of esters is 1. The molecule has 0 aromatic rings. The van der Waals surface area contributed by atoms with Crippen molar-refractivity contribution in [3.8, 4) is 0 Å². The van der Waals surface area contributed by atoms with Crippen LogP contribution < -0.4 is 5.32 Å². The number of carbonyl (C=O) groups excluding carboxylic acids is 1. The van der Waals surface area contributed by atoms with Gasteiger partial charge in [-0.1, -0.05) is 13.8 Å². The molecular formula is C16H29NO2S. The van der Waals surface area contributed by atoms with Gasteiger partial charge in [-0.25, -0.2) is 0 Å². The third-order valence-corrected chi connectivity index (χ3v) is 7.00. The Hall–Kier alpha value is -0.220. The summed E-state index contributed by atoms with van der Waals surface area (Å²) in [6, 6.07) is 0.618. The lowest BCUT2D eigenvalue weighted by molar-refractivity contribution is -0.141.